The van der Waals surface area contributed by atoms with Crippen LogP contribution in [-0.2, 0) is 16.0 Å². The minimum absolute atomic E-state index is 0.147. The Hall–Kier alpha value is -3.82. The van der Waals surface area contributed by atoms with Crippen molar-refractivity contribution in [2.45, 2.75) is 19.4 Å². The van der Waals surface area contributed by atoms with E-state index in [0.717, 1.165) is 12.1 Å². The normalized spacial score (nSPS) is 11.4. The third kappa shape index (κ3) is 5.34. The van der Waals surface area contributed by atoms with Crippen molar-refractivity contribution < 1.29 is 23.7 Å². The van der Waals surface area contributed by atoms with Crippen molar-refractivity contribution in [2.75, 3.05) is 5.32 Å². The predicted octanol–water partition coefficient (Wildman–Crippen LogP) is 1.52. The molecule has 10 heteroatoms. The maximum atomic E-state index is 13.4. The van der Waals surface area contributed by atoms with Gasteiger partial charge in [-0.05, 0) is 35.9 Å². The SMILES string of the molecule is CC(=O)Nc1ccc(C(=O)N[C@@H](Cc2ccc(F)c([N+](=O)[O-])c2)C(N)=O)cc1. The van der Waals surface area contributed by atoms with Crippen LogP contribution in [0.3, 0.4) is 0 Å². The van der Waals surface area contributed by atoms with E-state index in [1.165, 1.54) is 37.3 Å². The van der Waals surface area contributed by atoms with Crippen LogP contribution in [0, 0.1) is 15.9 Å². The van der Waals surface area contributed by atoms with Crippen molar-refractivity contribution in [2.24, 2.45) is 5.73 Å². The van der Waals surface area contributed by atoms with Gasteiger partial charge in [-0.2, -0.15) is 4.39 Å². The first kappa shape index (κ1) is 20.5. The number of anilines is 1. The highest BCUT2D eigenvalue weighted by Crippen LogP contribution is 2.19. The summed E-state index contributed by atoms with van der Waals surface area (Å²) in [4.78, 5) is 45.0. The van der Waals surface area contributed by atoms with Gasteiger partial charge in [0, 0.05) is 30.7 Å². The summed E-state index contributed by atoms with van der Waals surface area (Å²) in [5, 5.41) is 15.8. The van der Waals surface area contributed by atoms with Gasteiger partial charge in [-0.25, -0.2) is 0 Å². The van der Waals surface area contributed by atoms with Crippen molar-refractivity contribution in [3.8, 4) is 0 Å². The van der Waals surface area contributed by atoms with Crippen LogP contribution in [0.1, 0.15) is 22.8 Å². The third-order valence-corrected chi connectivity index (χ3v) is 3.76. The second kappa shape index (κ2) is 8.71. The third-order valence-electron chi connectivity index (χ3n) is 3.76. The quantitative estimate of drug-likeness (QED) is 0.486. The van der Waals surface area contributed by atoms with Crippen LogP contribution in [0.15, 0.2) is 42.5 Å². The fraction of sp³-hybridized carbons (Fsp3) is 0.167. The molecule has 0 saturated carbocycles. The zero-order valence-electron chi connectivity index (χ0n) is 14.8. The Morgan fingerprint density at radius 3 is 2.36 bits per heavy atom. The lowest BCUT2D eigenvalue weighted by molar-refractivity contribution is -0.387. The predicted molar refractivity (Wildman–Crippen MR) is 98.0 cm³/mol. The van der Waals surface area contributed by atoms with Gasteiger partial charge in [-0.15, -0.1) is 0 Å². The van der Waals surface area contributed by atoms with Gasteiger partial charge < -0.3 is 16.4 Å². The van der Waals surface area contributed by atoms with E-state index in [9.17, 15) is 28.9 Å². The van der Waals surface area contributed by atoms with Crippen molar-refractivity contribution in [1.29, 1.82) is 0 Å². The Balaban J connectivity index is 2.13. The van der Waals surface area contributed by atoms with Gasteiger partial charge in [0.15, 0.2) is 0 Å². The monoisotopic (exact) mass is 388 g/mol. The van der Waals surface area contributed by atoms with Gasteiger partial charge in [0.05, 0.1) is 4.92 Å². The fourth-order valence-corrected chi connectivity index (χ4v) is 2.43. The second-order valence-electron chi connectivity index (χ2n) is 5.93. The molecule has 0 aliphatic heterocycles. The van der Waals surface area contributed by atoms with E-state index in [0.29, 0.717) is 5.69 Å². The lowest BCUT2D eigenvalue weighted by atomic mass is 10.0. The number of nitro groups is 1. The van der Waals surface area contributed by atoms with Crippen LogP contribution in [-0.4, -0.2) is 28.7 Å². The highest BCUT2D eigenvalue weighted by atomic mass is 19.1. The molecule has 0 bridgehead atoms. The Morgan fingerprint density at radius 1 is 1.18 bits per heavy atom. The molecule has 0 aliphatic rings. The van der Waals surface area contributed by atoms with Crippen LogP contribution in [0.2, 0.25) is 0 Å². The molecule has 0 aromatic heterocycles. The summed E-state index contributed by atoms with van der Waals surface area (Å²) in [5.74, 6) is -2.72. The van der Waals surface area contributed by atoms with Crippen LogP contribution < -0.4 is 16.4 Å². The van der Waals surface area contributed by atoms with Crippen LogP contribution >= 0.6 is 0 Å². The summed E-state index contributed by atoms with van der Waals surface area (Å²) in [6, 6.07) is 7.92. The zero-order chi connectivity index (χ0) is 20.8. The number of halogens is 1. The smallest absolute Gasteiger partial charge is 0.305 e. The van der Waals surface area contributed by atoms with Gasteiger partial charge in [0.2, 0.25) is 17.6 Å². The van der Waals surface area contributed by atoms with Gasteiger partial charge in [-0.3, -0.25) is 24.5 Å². The van der Waals surface area contributed by atoms with E-state index >= 15 is 0 Å². The summed E-state index contributed by atoms with van der Waals surface area (Å²) in [6.45, 7) is 1.35. The summed E-state index contributed by atoms with van der Waals surface area (Å²) >= 11 is 0. The molecule has 2 aromatic rings. The molecule has 0 heterocycles. The molecule has 146 valence electrons. The van der Waals surface area contributed by atoms with E-state index in [2.05, 4.69) is 10.6 Å². The first-order valence-corrected chi connectivity index (χ1v) is 8.08. The van der Waals surface area contributed by atoms with Gasteiger partial charge in [-0.1, -0.05) is 6.07 Å². The Kier molecular flexibility index (Phi) is 6.38. The molecule has 28 heavy (non-hydrogen) atoms. The number of nitrogens with zero attached hydrogens (tertiary/aromatic N) is 1. The molecule has 0 radical (unpaired) electrons. The molecule has 0 saturated heterocycles. The summed E-state index contributed by atoms with van der Waals surface area (Å²) in [6.07, 6.45) is -0.147. The summed E-state index contributed by atoms with van der Waals surface area (Å²) in [5.41, 5.74) is 5.54. The number of carbonyl (C=O) groups is 3. The number of benzene rings is 2. The largest absolute Gasteiger partial charge is 0.368 e. The first-order valence-electron chi connectivity index (χ1n) is 8.08. The molecule has 0 aliphatic carbocycles. The molecule has 1 atom stereocenters. The number of amides is 3. The highest BCUT2D eigenvalue weighted by molar-refractivity contribution is 5.98. The standard InChI is InChI=1S/C18H17FN4O5/c1-10(24)21-13-5-3-12(4-6-13)18(26)22-15(17(20)25)8-11-2-7-14(19)16(9-11)23(27)28/h2-7,9,15H,8H2,1H3,(H2,20,25)(H,21,24)(H,22,26)/t15-/m0/s1. The van der Waals surface area contributed by atoms with Crippen LogP contribution in [0.5, 0.6) is 0 Å². The molecule has 4 N–H and O–H groups in total. The van der Waals surface area contributed by atoms with Gasteiger partial charge >= 0.3 is 5.69 Å². The molecule has 0 spiro atoms. The van der Waals surface area contributed by atoms with Crippen molar-refractivity contribution in [3.05, 3.63) is 69.5 Å². The summed E-state index contributed by atoms with van der Waals surface area (Å²) in [7, 11) is 0. The van der Waals surface area contributed by atoms with Crippen molar-refractivity contribution >= 4 is 29.1 Å². The highest BCUT2D eigenvalue weighted by Gasteiger charge is 2.22. The molecule has 2 rings (SSSR count). The van der Waals surface area contributed by atoms with Gasteiger partial charge in [0.25, 0.3) is 5.91 Å². The first-order chi connectivity index (χ1) is 13.2. The van der Waals surface area contributed by atoms with Gasteiger partial charge in [0.1, 0.15) is 6.04 Å². The molecule has 2 aromatic carbocycles. The molecule has 0 unspecified atom stereocenters. The van der Waals surface area contributed by atoms with Crippen molar-refractivity contribution in [1.82, 2.24) is 5.32 Å². The number of carbonyl (C=O) groups excluding carboxylic acids is 3. The number of nitrogens with two attached hydrogens (primary N) is 1. The summed E-state index contributed by atoms with van der Waals surface area (Å²) < 4.78 is 13.4. The average Bonchev–Trinajstić information content (AvgIpc) is 2.62. The van der Waals surface area contributed by atoms with E-state index in [1.54, 1.807) is 0 Å². The fourth-order valence-electron chi connectivity index (χ4n) is 2.43. The lowest BCUT2D eigenvalue weighted by Crippen LogP contribution is -2.45. The van der Waals surface area contributed by atoms with E-state index < -0.39 is 34.3 Å². The Labute approximate surface area is 158 Å². The van der Waals surface area contributed by atoms with E-state index in [4.69, 9.17) is 5.73 Å². The van der Waals surface area contributed by atoms with E-state index in [-0.39, 0.29) is 23.5 Å². The molecular weight excluding hydrogens is 371 g/mol. The zero-order valence-corrected chi connectivity index (χ0v) is 14.8. The average molecular weight is 388 g/mol. The topological polar surface area (TPSA) is 144 Å². The Bertz CT molecular complexity index is 930. The van der Waals surface area contributed by atoms with Crippen LogP contribution in [0.25, 0.3) is 0 Å². The Morgan fingerprint density at radius 2 is 1.82 bits per heavy atom. The number of nitro benzene ring substituents is 1. The minimum atomic E-state index is -1.16. The molecule has 9 nitrogen and oxygen atoms in total. The minimum Gasteiger partial charge on any atom is -0.368 e. The molecule has 3 amide bonds. The number of rotatable bonds is 7. The van der Waals surface area contributed by atoms with Crippen LogP contribution in [0.4, 0.5) is 15.8 Å². The number of nitrogens with one attached hydrogen (secondary N) is 2. The van der Waals surface area contributed by atoms with Crippen molar-refractivity contribution in [3.63, 3.8) is 0 Å². The number of hydrogen-bond donors (Lipinski definition) is 3. The number of hydrogen-bond acceptors (Lipinski definition) is 5. The number of primary amides is 1. The maximum absolute atomic E-state index is 13.4. The van der Waals surface area contributed by atoms with E-state index in [1.807, 2.05) is 0 Å². The molecule has 0 fully saturated rings. The second-order valence-corrected chi connectivity index (χ2v) is 5.93. The lowest BCUT2D eigenvalue weighted by Gasteiger charge is -2.16. The maximum Gasteiger partial charge on any atom is 0.305 e. The molecular formula is C18H17FN4O5.